The van der Waals surface area contributed by atoms with Gasteiger partial charge in [-0.3, -0.25) is 4.90 Å². The van der Waals surface area contributed by atoms with E-state index < -0.39 is 10.0 Å². The molecule has 0 radical (unpaired) electrons. The van der Waals surface area contributed by atoms with Gasteiger partial charge in [0.2, 0.25) is 0 Å². The molecule has 1 aromatic heterocycles. The monoisotopic (exact) mass is 486 g/mol. The molecule has 1 atom stereocenters. The summed E-state index contributed by atoms with van der Waals surface area (Å²) < 4.78 is 28.3. The van der Waals surface area contributed by atoms with Crippen LogP contribution in [0.5, 0.6) is 0 Å². The van der Waals surface area contributed by atoms with Crippen molar-refractivity contribution < 1.29 is 8.42 Å². The molecular formula is C30H34N2O2S. The summed E-state index contributed by atoms with van der Waals surface area (Å²) in [5.74, 6) is 0. The van der Waals surface area contributed by atoms with Crippen molar-refractivity contribution in [2.24, 2.45) is 0 Å². The highest BCUT2D eigenvalue weighted by molar-refractivity contribution is 7.90. The van der Waals surface area contributed by atoms with Gasteiger partial charge < -0.3 is 0 Å². The van der Waals surface area contributed by atoms with Gasteiger partial charge >= 0.3 is 0 Å². The second-order valence-corrected chi connectivity index (χ2v) is 11.5. The highest BCUT2D eigenvalue weighted by Crippen LogP contribution is 2.33. The number of hydrogen-bond donors (Lipinski definition) is 0. The summed E-state index contributed by atoms with van der Waals surface area (Å²) in [6, 6.07) is 24.4. The van der Waals surface area contributed by atoms with Crippen LogP contribution < -0.4 is 0 Å². The van der Waals surface area contributed by atoms with E-state index in [2.05, 4.69) is 48.2 Å². The van der Waals surface area contributed by atoms with Crippen LogP contribution in [0.25, 0.3) is 10.9 Å². The molecule has 0 bridgehead atoms. The number of rotatable bonds is 8. The first-order chi connectivity index (χ1) is 17.0. The van der Waals surface area contributed by atoms with E-state index >= 15 is 0 Å². The number of hydrogen-bond acceptors (Lipinski definition) is 3. The predicted molar refractivity (Wildman–Crippen MR) is 144 cm³/mol. The van der Waals surface area contributed by atoms with Crippen LogP contribution in [0, 0.1) is 6.92 Å². The van der Waals surface area contributed by atoms with Crippen molar-refractivity contribution in [2.75, 3.05) is 13.1 Å². The molecule has 35 heavy (non-hydrogen) atoms. The number of benzene rings is 3. The lowest BCUT2D eigenvalue weighted by atomic mass is 9.85. The maximum Gasteiger partial charge on any atom is 0.268 e. The van der Waals surface area contributed by atoms with Crippen LogP contribution in [0.2, 0.25) is 0 Å². The molecule has 0 fully saturated rings. The SMILES string of the molecule is CCCN(CCc1ccccc1)C1CCc2ccc3c(ccn3S(=O)(=O)c3ccc(C)cc3)c2C1. The van der Waals surface area contributed by atoms with Gasteiger partial charge in [-0.15, -0.1) is 0 Å². The summed E-state index contributed by atoms with van der Waals surface area (Å²) in [5, 5.41) is 1.07. The first-order valence-corrected chi connectivity index (χ1v) is 14.1. The minimum absolute atomic E-state index is 0.325. The van der Waals surface area contributed by atoms with E-state index in [9.17, 15) is 8.42 Å². The molecule has 0 spiro atoms. The molecule has 1 aliphatic rings. The Morgan fingerprint density at radius 3 is 2.46 bits per heavy atom. The molecule has 3 aromatic carbocycles. The molecule has 0 aliphatic heterocycles. The summed E-state index contributed by atoms with van der Waals surface area (Å²) in [6.45, 7) is 6.36. The summed E-state index contributed by atoms with van der Waals surface area (Å²) in [4.78, 5) is 2.97. The van der Waals surface area contributed by atoms with Gasteiger partial charge in [0.25, 0.3) is 10.0 Å². The molecule has 0 saturated carbocycles. The Kier molecular flexibility index (Phi) is 6.81. The standard InChI is InChI=1S/C30H34N2O2S/c1-3-19-31(20-17-24-7-5-4-6-8-24)26-13-11-25-12-16-30-28(29(25)22-26)18-21-32(30)35(33,34)27-14-9-23(2)10-15-27/h4-10,12,14-16,18,21,26H,3,11,13,17,19-20,22H2,1-2H3. The third kappa shape index (κ3) is 4.80. The molecule has 4 aromatic rings. The van der Waals surface area contributed by atoms with Gasteiger partial charge in [-0.25, -0.2) is 12.4 Å². The Balaban J connectivity index is 1.43. The number of nitrogens with zero attached hydrogens (tertiary/aromatic N) is 2. The Labute approximate surface area is 209 Å². The second-order valence-electron chi connectivity index (χ2n) is 9.73. The Morgan fingerprint density at radius 1 is 0.943 bits per heavy atom. The van der Waals surface area contributed by atoms with Crippen LogP contribution in [-0.4, -0.2) is 36.4 Å². The largest absolute Gasteiger partial charge is 0.300 e. The van der Waals surface area contributed by atoms with Gasteiger partial charge in [0.15, 0.2) is 0 Å². The van der Waals surface area contributed by atoms with Gasteiger partial charge in [0.1, 0.15) is 0 Å². The third-order valence-electron chi connectivity index (χ3n) is 7.37. The van der Waals surface area contributed by atoms with Crippen molar-refractivity contribution in [1.29, 1.82) is 0 Å². The van der Waals surface area contributed by atoms with Crippen LogP contribution in [0.4, 0.5) is 0 Å². The molecule has 182 valence electrons. The fourth-order valence-electron chi connectivity index (χ4n) is 5.46. The molecule has 4 nitrogen and oxygen atoms in total. The van der Waals surface area contributed by atoms with Crippen LogP contribution in [-0.2, 0) is 29.3 Å². The van der Waals surface area contributed by atoms with Crippen LogP contribution in [0.1, 0.15) is 42.0 Å². The van der Waals surface area contributed by atoms with E-state index in [1.54, 1.807) is 18.3 Å². The molecule has 1 unspecified atom stereocenters. The maximum atomic E-state index is 13.4. The lowest BCUT2D eigenvalue weighted by Crippen LogP contribution is -2.41. The molecule has 1 heterocycles. The van der Waals surface area contributed by atoms with E-state index in [4.69, 9.17) is 0 Å². The normalized spacial score (nSPS) is 16.0. The Morgan fingerprint density at radius 2 is 1.71 bits per heavy atom. The maximum absolute atomic E-state index is 13.4. The van der Waals surface area contributed by atoms with Crippen LogP contribution >= 0.6 is 0 Å². The number of aromatic nitrogens is 1. The molecule has 0 amide bonds. The minimum atomic E-state index is -3.64. The van der Waals surface area contributed by atoms with E-state index in [1.165, 1.54) is 20.7 Å². The highest BCUT2D eigenvalue weighted by Gasteiger charge is 2.27. The van der Waals surface area contributed by atoms with Gasteiger partial charge in [-0.1, -0.05) is 61.0 Å². The number of aryl methyl sites for hydroxylation is 2. The van der Waals surface area contributed by atoms with E-state index in [1.807, 2.05) is 31.2 Å². The zero-order valence-corrected chi connectivity index (χ0v) is 21.5. The summed E-state index contributed by atoms with van der Waals surface area (Å²) in [5.41, 5.74) is 5.88. The summed E-state index contributed by atoms with van der Waals surface area (Å²) in [6.07, 6.45) is 7.07. The lowest BCUT2D eigenvalue weighted by Gasteiger charge is -2.35. The first-order valence-electron chi connectivity index (χ1n) is 12.7. The highest BCUT2D eigenvalue weighted by atomic mass is 32.2. The Bertz CT molecular complexity index is 1410. The zero-order valence-electron chi connectivity index (χ0n) is 20.7. The van der Waals surface area contributed by atoms with Gasteiger partial charge in [-0.2, -0.15) is 0 Å². The van der Waals surface area contributed by atoms with Crippen LogP contribution in [0.15, 0.2) is 83.9 Å². The minimum Gasteiger partial charge on any atom is -0.300 e. The first kappa shape index (κ1) is 23.8. The van der Waals surface area contributed by atoms with E-state index in [0.717, 1.165) is 61.7 Å². The van der Waals surface area contributed by atoms with Gasteiger partial charge in [0.05, 0.1) is 10.4 Å². The quantitative estimate of drug-likeness (QED) is 0.307. The van der Waals surface area contributed by atoms with Gasteiger partial charge in [-0.05, 0) is 86.5 Å². The number of fused-ring (bicyclic) bond motifs is 3. The van der Waals surface area contributed by atoms with E-state index in [0.29, 0.717) is 10.9 Å². The molecule has 0 N–H and O–H groups in total. The van der Waals surface area contributed by atoms with E-state index in [-0.39, 0.29) is 0 Å². The average molecular weight is 487 g/mol. The summed E-state index contributed by atoms with van der Waals surface area (Å²) in [7, 11) is -3.64. The van der Waals surface area contributed by atoms with Crippen molar-refractivity contribution in [3.63, 3.8) is 0 Å². The molecule has 5 heteroatoms. The second kappa shape index (κ2) is 10.00. The summed E-state index contributed by atoms with van der Waals surface area (Å²) >= 11 is 0. The fraction of sp³-hybridized carbons (Fsp3) is 0.333. The van der Waals surface area contributed by atoms with Crippen molar-refractivity contribution in [2.45, 2.75) is 56.9 Å². The molecule has 0 saturated heterocycles. The fourth-order valence-corrected chi connectivity index (χ4v) is 6.81. The molecule has 1 aliphatic carbocycles. The molecule has 5 rings (SSSR count). The Hall–Kier alpha value is -2.89. The van der Waals surface area contributed by atoms with Crippen LogP contribution in [0.3, 0.4) is 0 Å². The molecular weight excluding hydrogens is 452 g/mol. The third-order valence-corrected chi connectivity index (χ3v) is 9.07. The van der Waals surface area contributed by atoms with Gasteiger partial charge in [0, 0.05) is 24.2 Å². The predicted octanol–water partition coefficient (Wildman–Crippen LogP) is 6.00. The van der Waals surface area contributed by atoms with Crippen molar-refractivity contribution >= 4 is 20.9 Å². The van der Waals surface area contributed by atoms with Crippen molar-refractivity contribution in [1.82, 2.24) is 8.87 Å². The topological polar surface area (TPSA) is 42.3 Å². The van der Waals surface area contributed by atoms with Crippen molar-refractivity contribution in [3.8, 4) is 0 Å². The lowest BCUT2D eigenvalue weighted by molar-refractivity contribution is 0.182. The zero-order chi connectivity index (χ0) is 24.4. The smallest absolute Gasteiger partial charge is 0.268 e. The average Bonchev–Trinajstić information content (AvgIpc) is 3.33. The van der Waals surface area contributed by atoms with Crippen molar-refractivity contribution in [3.05, 3.63) is 101 Å².